The van der Waals surface area contributed by atoms with Gasteiger partial charge in [0.25, 0.3) is 0 Å². The van der Waals surface area contributed by atoms with Gasteiger partial charge in [0.15, 0.2) is 2.74 Å². The van der Waals surface area contributed by atoms with Crippen LogP contribution in [0.4, 0.5) is 0 Å². The largest absolute Gasteiger partial charge is 0.196 e. The molecule has 6 heteroatoms. The van der Waals surface area contributed by atoms with Crippen LogP contribution in [-0.4, -0.2) is 2.74 Å². The van der Waals surface area contributed by atoms with Gasteiger partial charge in [-0.15, -0.1) is 0 Å². The van der Waals surface area contributed by atoms with E-state index in [9.17, 15) is 0 Å². The lowest BCUT2D eigenvalue weighted by molar-refractivity contribution is 1.92. The molecule has 0 unspecified atom stereocenters. The highest BCUT2D eigenvalue weighted by atomic mass is 34.3. The SMILES string of the molecule is S=S123SC(S1)(S2)S3. The molecule has 0 saturated carbocycles. The first kappa shape index (κ1) is 4.73. The highest BCUT2D eigenvalue weighted by Gasteiger charge is 2.90. The molecule has 6 rings (SSSR count). The third kappa shape index (κ3) is 0.316. The van der Waals surface area contributed by atoms with Gasteiger partial charge in [0.2, 0.25) is 0 Å². The molecule has 0 amide bonds. The van der Waals surface area contributed by atoms with Crippen molar-refractivity contribution < 1.29 is 0 Å². The minimum absolute atomic E-state index is 0.573. The van der Waals surface area contributed by atoms with E-state index in [4.69, 9.17) is 11.2 Å². The molecule has 6 aliphatic heterocycles. The third-order valence-electron chi connectivity index (χ3n) is 0.953. The van der Waals surface area contributed by atoms with Crippen molar-refractivity contribution in [3.05, 3.63) is 0 Å². The van der Waals surface area contributed by atoms with E-state index in [2.05, 4.69) is 43.2 Å². The van der Waals surface area contributed by atoms with E-state index in [1.807, 2.05) is 0 Å². The zero-order valence-corrected chi connectivity index (χ0v) is 7.85. The summed E-state index contributed by atoms with van der Waals surface area (Å²) in [6.45, 7) is 0. The maximum absolute atomic E-state index is 5.37. The van der Waals surface area contributed by atoms with Crippen LogP contribution in [0.1, 0.15) is 0 Å². The van der Waals surface area contributed by atoms with Gasteiger partial charge >= 0.3 is 0 Å². The van der Waals surface area contributed by atoms with Crippen LogP contribution in [0.25, 0.3) is 0 Å². The van der Waals surface area contributed by atoms with E-state index < -0.39 is 3.85 Å². The second kappa shape index (κ2) is 0.802. The van der Waals surface area contributed by atoms with Crippen LogP contribution < -0.4 is 0 Å². The maximum atomic E-state index is 5.37. The van der Waals surface area contributed by atoms with E-state index in [0.29, 0.717) is 2.74 Å². The standard InChI is InChI=1S/CS6/c2-7-3-1(4-7,5-7)6-7. The zero-order valence-electron chi connectivity index (χ0n) is 2.95. The van der Waals surface area contributed by atoms with Crippen molar-refractivity contribution in [3.63, 3.8) is 0 Å². The van der Waals surface area contributed by atoms with Crippen LogP contribution in [0, 0.1) is 0 Å². The molecule has 0 aromatic carbocycles. The van der Waals surface area contributed by atoms with E-state index in [0.717, 1.165) is 0 Å². The predicted octanol–water partition coefficient (Wildman–Crippen LogP) is 2.38. The summed E-state index contributed by atoms with van der Waals surface area (Å²) in [5.74, 6) is 0. The summed E-state index contributed by atoms with van der Waals surface area (Å²) in [4.78, 5) is 0. The zero-order chi connectivity index (χ0) is 4.78. The Morgan fingerprint density at radius 3 is 1.43 bits per heavy atom. The van der Waals surface area contributed by atoms with Gasteiger partial charge in [-0.25, -0.2) is 0 Å². The van der Waals surface area contributed by atoms with Crippen LogP contribution in [0.2, 0.25) is 0 Å². The van der Waals surface area contributed by atoms with Crippen LogP contribution in [0.3, 0.4) is 0 Å². The molecule has 0 aliphatic carbocycles. The summed E-state index contributed by atoms with van der Waals surface area (Å²) in [5.41, 5.74) is 0. The van der Waals surface area contributed by atoms with Crippen LogP contribution in [0.15, 0.2) is 0 Å². The van der Waals surface area contributed by atoms with Gasteiger partial charge in [-0.3, -0.25) is 0 Å². The Balaban J connectivity index is 2.44. The summed E-state index contributed by atoms with van der Waals surface area (Å²) in [5, 5.41) is 0. The fourth-order valence-electron chi connectivity index (χ4n) is 0.704. The summed E-state index contributed by atoms with van der Waals surface area (Å²) < 4.78 is -0.584. The summed E-state index contributed by atoms with van der Waals surface area (Å²) in [6, 6.07) is 0. The second-order valence-corrected chi connectivity index (χ2v) is 25.9. The molecule has 2 bridgehead atoms. The van der Waals surface area contributed by atoms with Crippen LogP contribution in [-0.2, 0) is 15.0 Å². The Kier molecular flexibility index (Phi) is 0.543. The first-order valence-electron chi connectivity index (χ1n) is 1.65. The molecule has 7 heavy (non-hydrogen) atoms. The first-order valence-corrected chi connectivity index (χ1v) is 9.95. The normalized spacial score (nSPS) is 70.0. The van der Waals surface area contributed by atoms with Crippen LogP contribution in [0.5, 0.6) is 0 Å². The Morgan fingerprint density at radius 2 is 1.43 bits per heavy atom. The number of hydrogen-bond acceptors (Lipinski definition) is 5. The molecule has 0 radical (unpaired) electrons. The Bertz CT molecular complexity index is 173. The fourth-order valence-corrected chi connectivity index (χ4v) is 46.0. The topological polar surface area (TPSA) is 0 Å². The monoisotopic (exact) mass is 204 g/mol. The van der Waals surface area contributed by atoms with E-state index in [1.54, 1.807) is 0 Å². The fraction of sp³-hybridized carbons (Fsp3) is 1.00. The molecule has 0 aromatic heterocycles. The summed E-state index contributed by atoms with van der Waals surface area (Å²) in [7, 11) is 8.20. The Labute approximate surface area is 60.5 Å². The minimum Gasteiger partial charge on any atom is -0.0376 e. The first-order chi connectivity index (χ1) is 3.13. The van der Waals surface area contributed by atoms with Crippen molar-refractivity contribution in [2.24, 2.45) is 0 Å². The molecular formula is CS6. The second-order valence-electron chi connectivity index (χ2n) is 1.51. The van der Waals surface area contributed by atoms with E-state index in [-0.39, 0.29) is 0 Å². The van der Waals surface area contributed by atoms with Gasteiger partial charge < -0.3 is 0 Å². The van der Waals surface area contributed by atoms with Crippen molar-refractivity contribution in [1.29, 1.82) is 0 Å². The van der Waals surface area contributed by atoms with Gasteiger partial charge in [-0.05, 0) is 58.2 Å². The van der Waals surface area contributed by atoms with Gasteiger partial charge in [-0.1, -0.05) is 0 Å². The molecular weight excluding hydrogens is 204 g/mol. The molecule has 0 N–H and O–H groups in total. The molecule has 0 atom stereocenters. The molecule has 0 spiro atoms. The quantitative estimate of drug-likeness (QED) is 0.554. The smallest absolute Gasteiger partial charge is 0.0376 e. The van der Waals surface area contributed by atoms with E-state index in [1.165, 1.54) is 0 Å². The Morgan fingerprint density at radius 1 is 1.14 bits per heavy atom. The lowest BCUT2D eigenvalue weighted by atomic mass is 11.8. The van der Waals surface area contributed by atoms with Gasteiger partial charge in [0.1, 0.15) is 0 Å². The third-order valence-corrected chi connectivity index (χ3v) is 25.7. The van der Waals surface area contributed by atoms with Gasteiger partial charge in [-0.2, -0.15) is 0 Å². The van der Waals surface area contributed by atoms with Crippen molar-refractivity contribution >= 4 is 58.2 Å². The number of rotatable bonds is 0. The summed E-state index contributed by atoms with van der Waals surface area (Å²) in [6.07, 6.45) is 0. The summed E-state index contributed by atoms with van der Waals surface area (Å²) >= 11 is 5.37. The minimum atomic E-state index is -1.16. The Hall–Kier alpha value is 1.97. The molecule has 6 saturated heterocycles. The molecule has 6 fully saturated rings. The average Bonchev–Trinajstić information content (AvgIpc) is 1.20. The molecule has 6 heterocycles. The van der Waals surface area contributed by atoms with Crippen molar-refractivity contribution in [1.82, 2.24) is 0 Å². The number of hydrogen-bond donors (Lipinski definition) is 0. The highest BCUT2D eigenvalue weighted by Crippen LogP contribution is 3.17. The lowest BCUT2D eigenvalue weighted by Gasteiger charge is -2.85. The predicted molar refractivity (Wildman–Crippen MR) is 47.8 cm³/mol. The maximum Gasteiger partial charge on any atom is 0.196 e. The highest BCUT2D eigenvalue weighted by molar-refractivity contribution is 9.88. The van der Waals surface area contributed by atoms with Crippen LogP contribution >= 0.6 is 43.2 Å². The van der Waals surface area contributed by atoms with Crippen molar-refractivity contribution in [3.8, 4) is 0 Å². The van der Waals surface area contributed by atoms with Gasteiger partial charge in [0.05, 0.1) is 0 Å². The molecule has 6 aliphatic rings. The molecule has 40 valence electrons. The molecule has 0 aromatic rings. The lowest BCUT2D eigenvalue weighted by Crippen LogP contribution is -2.63. The van der Waals surface area contributed by atoms with Gasteiger partial charge in [0, 0.05) is 0 Å². The van der Waals surface area contributed by atoms with Crippen molar-refractivity contribution in [2.45, 2.75) is 2.74 Å². The van der Waals surface area contributed by atoms with E-state index >= 15 is 0 Å². The molecule has 0 nitrogen and oxygen atoms in total. The van der Waals surface area contributed by atoms with Crippen molar-refractivity contribution in [2.75, 3.05) is 0 Å². The average molecular weight is 204 g/mol.